The van der Waals surface area contributed by atoms with Crippen molar-refractivity contribution in [3.63, 3.8) is 0 Å². The number of ether oxygens (including phenoxy) is 1. The summed E-state index contributed by atoms with van der Waals surface area (Å²) in [6.45, 7) is 4.74. The van der Waals surface area contributed by atoms with Crippen molar-refractivity contribution in [1.29, 1.82) is 0 Å². The van der Waals surface area contributed by atoms with E-state index in [0.717, 1.165) is 44.6 Å². The van der Waals surface area contributed by atoms with Crippen molar-refractivity contribution in [3.8, 4) is 5.75 Å². The van der Waals surface area contributed by atoms with Gasteiger partial charge in [-0.05, 0) is 56.9 Å². The number of carbonyl (C=O) groups excluding carboxylic acids is 2. The maximum absolute atomic E-state index is 12.2. The van der Waals surface area contributed by atoms with E-state index in [2.05, 4.69) is 29.1 Å². The van der Waals surface area contributed by atoms with Gasteiger partial charge in [0.1, 0.15) is 5.75 Å². The van der Waals surface area contributed by atoms with Crippen molar-refractivity contribution < 1.29 is 14.3 Å². The van der Waals surface area contributed by atoms with Crippen molar-refractivity contribution in [2.24, 2.45) is 11.5 Å². The van der Waals surface area contributed by atoms with Gasteiger partial charge in [0.2, 0.25) is 12.3 Å². The molecular formula is C21H34N4O3S. The molecule has 2 fully saturated rings. The normalized spacial score (nSPS) is 26.2. The zero-order chi connectivity index (χ0) is 21.2. The van der Waals surface area contributed by atoms with Gasteiger partial charge in [-0.25, -0.2) is 4.31 Å². The van der Waals surface area contributed by atoms with E-state index < -0.39 is 0 Å². The third-order valence-electron chi connectivity index (χ3n) is 5.55. The summed E-state index contributed by atoms with van der Waals surface area (Å²) < 4.78 is 7.63. The van der Waals surface area contributed by atoms with E-state index in [1.165, 1.54) is 12.0 Å². The Bertz CT molecular complexity index is 636. The standard InChI is InChI=1S/C11H21N3OS.C9H10O.CH3NO/c1-8-3-4-9-5-6-13(16-2)7-10(12)11(15)14(8)9;1-2-6-9-8(4-1)5-3-7-10-9;2-1-3/h8-10H,3-7,12H2,1-2H3;1-2,4,6H,3,5,7H2;1H,(H2,2,3). The first-order chi connectivity index (χ1) is 14.0. The summed E-state index contributed by atoms with van der Waals surface area (Å²) in [5.41, 5.74) is 11.5. The quantitative estimate of drug-likeness (QED) is 0.528. The predicted octanol–water partition coefficient (Wildman–Crippen LogP) is 1.79. The highest BCUT2D eigenvalue weighted by Crippen LogP contribution is 2.29. The Kier molecular flexibility index (Phi) is 9.76. The minimum atomic E-state index is -0.351. The summed E-state index contributed by atoms with van der Waals surface area (Å²) in [6.07, 6.45) is 7.99. The number of rotatable bonds is 1. The van der Waals surface area contributed by atoms with Crippen LogP contribution in [0.5, 0.6) is 5.75 Å². The lowest BCUT2D eigenvalue weighted by Gasteiger charge is -2.36. The number of hydrogen-bond acceptors (Lipinski definition) is 6. The van der Waals surface area contributed by atoms with E-state index in [1.54, 1.807) is 11.9 Å². The summed E-state index contributed by atoms with van der Waals surface area (Å²) in [7, 11) is 0. The molecule has 1 aromatic carbocycles. The third kappa shape index (κ3) is 6.62. The molecule has 7 nitrogen and oxygen atoms in total. The van der Waals surface area contributed by atoms with Gasteiger partial charge < -0.3 is 21.1 Å². The van der Waals surface area contributed by atoms with Crippen molar-refractivity contribution in [3.05, 3.63) is 29.8 Å². The number of primary amides is 1. The van der Waals surface area contributed by atoms with Crippen LogP contribution in [-0.4, -0.2) is 65.6 Å². The Balaban J connectivity index is 0.000000196. The van der Waals surface area contributed by atoms with Crippen LogP contribution in [0.15, 0.2) is 24.3 Å². The molecule has 2 amide bonds. The van der Waals surface area contributed by atoms with Crippen LogP contribution >= 0.6 is 11.9 Å². The van der Waals surface area contributed by atoms with Crippen LogP contribution in [0.25, 0.3) is 0 Å². The fraction of sp³-hybridized carbons (Fsp3) is 0.619. The topological polar surface area (TPSA) is 102 Å². The van der Waals surface area contributed by atoms with Gasteiger partial charge in [-0.2, -0.15) is 0 Å². The molecule has 29 heavy (non-hydrogen) atoms. The van der Waals surface area contributed by atoms with E-state index in [9.17, 15) is 4.79 Å². The smallest absolute Gasteiger partial charge is 0.241 e. The number of para-hydroxylation sites is 1. The molecule has 0 saturated carbocycles. The monoisotopic (exact) mass is 422 g/mol. The minimum Gasteiger partial charge on any atom is -0.493 e. The lowest BCUT2D eigenvalue weighted by Crippen LogP contribution is -2.54. The number of amides is 2. The SMILES string of the molecule is CSN1CCC2CCC(C)N2C(=O)C(N)C1.NC=O.c1ccc2c(c1)CCCO2. The largest absolute Gasteiger partial charge is 0.493 e. The number of hydrogen-bond donors (Lipinski definition) is 2. The van der Waals surface area contributed by atoms with Gasteiger partial charge in [0.05, 0.1) is 12.6 Å². The number of benzene rings is 1. The van der Waals surface area contributed by atoms with E-state index in [1.807, 2.05) is 23.3 Å². The summed E-state index contributed by atoms with van der Waals surface area (Å²) in [6, 6.07) is 8.70. The summed E-state index contributed by atoms with van der Waals surface area (Å²) in [5.74, 6) is 1.22. The van der Waals surface area contributed by atoms with Gasteiger partial charge in [0.25, 0.3) is 0 Å². The number of nitrogens with zero attached hydrogens (tertiary/aromatic N) is 2. The molecule has 3 unspecified atom stereocenters. The van der Waals surface area contributed by atoms with E-state index in [0.29, 0.717) is 18.6 Å². The van der Waals surface area contributed by atoms with Crippen LogP contribution < -0.4 is 16.2 Å². The second-order valence-corrected chi connectivity index (χ2v) is 8.37. The molecule has 0 aliphatic carbocycles. The van der Waals surface area contributed by atoms with Gasteiger partial charge in [0, 0.05) is 25.2 Å². The van der Waals surface area contributed by atoms with Crippen molar-refractivity contribution >= 4 is 24.3 Å². The first-order valence-corrected chi connectivity index (χ1v) is 11.4. The maximum atomic E-state index is 12.2. The van der Waals surface area contributed by atoms with Crippen LogP contribution in [-0.2, 0) is 16.0 Å². The molecule has 0 bridgehead atoms. The van der Waals surface area contributed by atoms with Gasteiger partial charge in [-0.1, -0.05) is 30.1 Å². The second kappa shape index (κ2) is 12.0. The zero-order valence-corrected chi connectivity index (χ0v) is 18.3. The number of carbonyl (C=O) groups is 2. The lowest BCUT2D eigenvalue weighted by atomic mass is 10.1. The molecular weight excluding hydrogens is 388 g/mol. The Labute approximate surface area is 178 Å². The predicted molar refractivity (Wildman–Crippen MR) is 118 cm³/mol. The molecule has 0 radical (unpaired) electrons. The molecule has 162 valence electrons. The van der Waals surface area contributed by atoms with E-state index in [-0.39, 0.29) is 18.4 Å². The molecule has 3 aliphatic rings. The molecule has 4 rings (SSSR count). The fourth-order valence-electron chi connectivity index (χ4n) is 4.09. The Morgan fingerprint density at radius 2 is 1.97 bits per heavy atom. The molecule has 2 saturated heterocycles. The average molecular weight is 423 g/mol. The molecule has 4 N–H and O–H groups in total. The molecule has 0 aromatic heterocycles. The van der Waals surface area contributed by atoms with Gasteiger partial charge >= 0.3 is 0 Å². The highest BCUT2D eigenvalue weighted by Gasteiger charge is 2.38. The number of nitrogens with two attached hydrogens (primary N) is 2. The van der Waals surface area contributed by atoms with Crippen molar-refractivity contribution in [2.75, 3.05) is 26.0 Å². The average Bonchev–Trinajstić information content (AvgIpc) is 3.10. The summed E-state index contributed by atoms with van der Waals surface area (Å²) in [4.78, 5) is 22.8. The van der Waals surface area contributed by atoms with Gasteiger partial charge in [-0.15, -0.1) is 0 Å². The Morgan fingerprint density at radius 1 is 1.24 bits per heavy atom. The van der Waals surface area contributed by atoms with Gasteiger partial charge in [0.15, 0.2) is 0 Å². The first kappa shape index (κ1) is 23.5. The van der Waals surface area contributed by atoms with Crippen LogP contribution in [0.4, 0.5) is 0 Å². The van der Waals surface area contributed by atoms with Gasteiger partial charge in [-0.3, -0.25) is 9.59 Å². The first-order valence-electron chi connectivity index (χ1n) is 10.2. The molecule has 3 aliphatic heterocycles. The second-order valence-electron chi connectivity index (χ2n) is 7.49. The Hall–Kier alpha value is -1.77. The van der Waals surface area contributed by atoms with Crippen molar-refractivity contribution in [1.82, 2.24) is 9.21 Å². The van der Waals surface area contributed by atoms with Crippen LogP contribution in [0.2, 0.25) is 0 Å². The Morgan fingerprint density at radius 3 is 2.66 bits per heavy atom. The minimum absolute atomic E-state index is 0.147. The van der Waals surface area contributed by atoms with E-state index in [4.69, 9.17) is 15.3 Å². The molecule has 1 aromatic rings. The molecule has 3 heterocycles. The number of aryl methyl sites for hydroxylation is 1. The van der Waals surface area contributed by atoms with E-state index >= 15 is 0 Å². The summed E-state index contributed by atoms with van der Waals surface area (Å²) in [5, 5.41) is 0. The lowest BCUT2D eigenvalue weighted by molar-refractivity contribution is -0.136. The van der Waals surface area contributed by atoms with Crippen LogP contribution in [0.3, 0.4) is 0 Å². The molecule has 0 spiro atoms. The number of fused-ring (bicyclic) bond motifs is 2. The third-order valence-corrected chi connectivity index (χ3v) is 6.40. The fourth-order valence-corrected chi connectivity index (χ4v) is 4.68. The van der Waals surface area contributed by atoms with Crippen LogP contribution in [0, 0.1) is 0 Å². The highest BCUT2D eigenvalue weighted by molar-refractivity contribution is 7.96. The maximum Gasteiger partial charge on any atom is 0.241 e. The van der Waals surface area contributed by atoms with Crippen molar-refractivity contribution in [2.45, 2.75) is 57.2 Å². The summed E-state index contributed by atoms with van der Waals surface area (Å²) >= 11 is 1.69. The zero-order valence-electron chi connectivity index (χ0n) is 17.5. The molecule has 3 atom stereocenters. The molecule has 8 heteroatoms. The highest BCUT2D eigenvalue weighted by atomic mass is 32.2. The van der Waals surface area contributed by atoms with Crippen LogP contribution in [0.1, 0.15) is 38.2 Å².